The molecule has 0 aromatic heterocycles. The molecule has 0 saturated heterocycles. The summed E-state index contributed by atoms with van der Waals surface area (Å²) in [5.74, 6) is 0. The highest BCUT2D eigenvalue weighted by molar-refractivity contribution is 9.10. The summed E-state index contributed by atoms with van der Waals surface area (Å²) in [4.78, 5) is 0. The molecule has 0 fully saturated rings. The van der Waals surface area contributed by atoms with Gasteiger partial charge in [0.2, 0.25) is 0 Å². The minimum absolute atomic E-state index is 0.236. The van der Waals surface area contributed by atoms with Gasteiger partial charge in [0.25, 0.3) is 0 Å². The van der Waals surface area contributed by atoms with E-state index in [0.717, 1.165) is 15.2 Å². The van der Waals surface area contributed by atoms with E-state index in [2.05, 4.69) is 53.3 Å². The van der Waals surface area contributed by atoms with Crippen LogP contribution in [0.3, 0.4) is 0 Å². The number of anilines is 1. The Bertz CT molecular complexity index is 537. The van der Waals surface area contributed by atoms with Crippen molar-refractivity contribution in [2.75, 3.05) is 5.32 Å². The highest BCUT2D eigenvalue weighted by atomic mass is 79.9. The molecule has 3 heteroatoms. The predicted octanol–water partition coefficient (Wildman–Crippen LogP) is 5.58. The zero-order valence-corrected chi connectivity index (χ0v) is 12.7. The van der Waals surface area contributed by atoms with Crippen molar-refractivity contribution in [1.82, 2.24) is 0 Å². The Morgan fingerprint density at radius 2 is 1.78 bits per heavy atom. The number of hydrogen-bond acceptors (Lipinski definition) is 1. The summed E-state index contributed by atoms with van der Waals surface area (Å²) in [6.07, 6.45) is 0. The maximum absolute atomic E-state index is 5.89. The summed E-state index contributed by atoms with van der Waals surface area (Å²) >= 11 is 9.50. The van der Waals surface area contributed by atoms with E-state index in [1.807, 2.05) is 24.3 Å². The molecular formula is C15H15BrClN. The van der Waals surface area contributed by atoms with Crippen LogP contribution in [0.1, 0.15) is 24.1 Å². The van der Waals surface area contributed by atoms with Crippen LogP contribution in [0, 0.1) is 6.92 Å². The summed E-state index contributed by atoms with van der Waals surface area (Å²) in [6, 6.07) is 14.4. The highest BCUT2D eigenvalue weighted by Gasteiger charge is 2.08. The van der Waals surface area contributed by atoms with Gasteiger partial charge in [-0.3, -0.25) is 0 Å². The Balaban J connectivity index is 2.18. The molecule has 0 aliphatic carbocycles. The molecule has 0 saturated carbocycles. The number of halogens is 2. The quantitative estimate of drug-likeness (QED) is 0.776. The molecule has 2 aromatic carbocycles. The third-order valence-corrected chi connectivity index (χ3v) is 4.24. The van der Waals surface area contributed by atoms with Crippen LogP contribution in [-0.2, 0) is 0 Å². The van der Waals surface area contributed by atoms with Crippen LogP contribution in [-0.4, -0.2) is 0 Å². The lowest BCUT2D eigenvalue weighted by atomic mass is 10.1. The lowest BCUT2D eigenvalue weighted by molar-refractivity contribution is 0.883. The fraction of sp³-hybridized carbons (Fsp3) is 0.200. The van der Waals surface area contributed by atoms with Crippen LogP contribution < -0.4 is 5.32 Å². The summed E-state index contributed by atoms with van der Waals surface area (Å²) in [6.45, 7) is 4.22. The van der Waals surface area contributed by atoms with E-state index in [0.29, 0.717) is 0 Å². The number of aryl methyl sites for hydroxylation is 1. The molecule has 94 valence electrons. The molecule has 0 bridgehead atoms. The first kappa shape index (κ1) is 13.4. The lowest BCUT2D eigenvalue weighted by Gasteiger charge is -2.17. The fourth-order valence-electron chi connectivity index (χ4n) is 1.83. The molecule has 0 aliphatic heterocycles. The Morgan fingerprint density at radius 3 is 2.44 bits per heavy atom. The smallest absolute Gasteiger partial charge is 0.0492 e. The van der Waals surface area contributed by atoms with Crippen LogP contribution in [0.15, 0.2) is 46.9 Å². The Labute approximate surface area is 121 Å². The summed E-state index contributed by atoms with van der Waals surface area (Å²) in [7, 11) is 0. The largest absolute Gasteiger partial charge is 0.378 e. The Morgan fingerprint density at radius 1 is 1.11 bits per heavy atom. The monoisotopic (exact) mass is 323 g/mol. The van der Waals surface area contributed by atoms with Gasteiger partial charge in [-0.1, -0.05) is 35.9 Å². The molecule has 0 amide bonds. The van der Waals surface area contributed by atoms with Crippen LogP contribution in [0.4, 0.5) is 5.69 Å². The molecule has 0 radical (unpaired) electrons. The van der Waals surface area contributed by atoms with Gasteiger partial charge in [-0.25, -0.2) is 0 Å². The zero-order valence-electron chi connectivity index (χ0n) is 10.4. The molecule has 1 unspecified atom stereocenters. The topological polar surface area (TPSA) is 12.0 Å². The Hall–Kier alpha value is -0.990. The first-order valence-electron chi connectivity index (χ1n) is 5.85. The molecule has 1 nitrogen and oxygen atoms in total. The van der Waals surface area contributed by atoms with E-state index in [1.54, 1.807) is 0 Å². The van der Waals surface area contributed by atoms with E-state index in [-0.39, 0.29) is 6.04 Å². The average Bonchev–Trinajstić information content (AvgIpc) is 2.36. The molecule has 2 aromatic rings. The van der Waals surface area contributed by atoms with Gasteiger partial charge >= 0.3 is 0 Å². The Kier molecular flexibility index (Phi) is 4.31. The van der Waals surface area contributed by atoms with Gasteiger partial charge < -0.3 is 5.32 Å². The third-order valence-electron chi connectivity index (χ3n) is 2.93. The summed E-state index contributed by atoms with van der Waals surface area (Å²) in [5, 5.41) is 4.26. The van der Waals surface area contributed by atoms with Gasteiger partial charge in [-0.05, 0) is 59.1 Å². The molecule has 18 heavy (non-hydrogen) atoms. The molecule has 0 heterocycles. The first-order valence-corrected chi connectivity index (χ1v) is 7.02. The fourth-order valence-corrected chi connectivity index (χ4v) is 2.33. The second kappa shape index (κ2) is 5.77. The maximum atomic E-state index is 5.89. The number of nitrogens with one attached hydrogen (secondary N) is 1. The molecule has 1 atom stereocenters. The normalized spacial score (nSPS) is 12.2. The van der Waals surface area contributed by atoms with Crippen molar-refractivity contribution >= 4 is 33.2 Å². The maximum Gasteiger partial charge on any atom is 0.0492 e. The van der Waals surface area contributed by atoms with Crippen molar-refractivity contribution in [2.24, 2.45) is 0 Å². The van der Waals surface area contributed by atoms with Crippen molar-refractivity contribution in [2.45, 2.75) is 19.9 Å². The van der Waals surface area contributed by atoms with Crippen molar-refractivity contribution < 1.29 is 0 Å². The average molecular weight is 325 g/mol. The SMILES string of the molecule is Cc1cccc(NC(C)c2ccc(Cl)cc2)c1Br. The van der Waals surface area contributed by atoms with E-state index in [4.69, 9.17) is 11.6 Å². The van der Waals surface area contributed by atoms with Gasteiger partial charge in [0, 0.05) is 21.2 Å². The second-order valence-corrected chi connectivity index (χ2v) is 5.58. The second-order valence-electron chi connectivity index (χ2n) is 4.35. The van der Waals surface area contributed by atoms with Gasteiger partial charge in [-0.15, -0.1) is 0 Å². The van der Waals surface area contributed by atoms with E-state index < -0.39 is 0 Å². The van der Waals surface area contributed by atoms with Gasteiger partial charge in [0.15, 0.2) is 0 Å². The molecule has 2 rings (SSSR count). The predicted molar refractivity (Wildman–Crippen MR) is 82.4 cm³/mol. The lowest BCUT2D eigenvalue weighted by Crippen LogP contribution is -2.07. The molecule has 1 N–H and O–H groups in total. The summed E-state index contributed by atoms with van der Waals surface area (Å²) < 4.78 is 1.12. The standard InChI is InChI=1S/C15H15BrClN/c1-10-4-3-5-14(15(10)16)18-11(2)12-6-8-13(17)9-7-12/h3-9,11,18H,1-2H3. The van der Waals surface area contributed by atoms with Crippen molar-refractivity contribution in [3.05, 3.63) is 63.1 Å². The number of rotatable bonds is 3. The summed E-state index contributed by atoms with van der Waals surface area (Å²) in [5.41, 5.74) is 3.55. The zero-order chi connectivity index (χ0) is 13.1. The van der Waals surface area contributed by atoms with E-state index in [9.17, 15) is 0 Å². The minimum atomic E-state index is 0.236. The highest BCUT2D eigenvalue weighted by Crippen LogP contribution is 2.29. The van der Waals surface area contributed by atoms with Crippen LogP contribution in [0.2, 0.25) is 5.02 Å². The van der Waals surface area contributed by atoms with Crippen LogP contribution >= 0.6 is 27.5 Å². The minimum Gasteiger partial charge on any atom is -0.378 e. The molecule has 0 spiro atoms. The van der Waals surface area contributed by atoms with E-state index >= 15 is 0 Å². The first-order chi connectivity index (χ1) is 8.58. The molecule has 0 aliphatic rings. The third kappa shape index (κ3) is 3.06. The van der Waals surface area contributed by atoms with Gasteiger partial charge in [-0.2, -0.15) is 0 Å². The van der Waals surface area contributed by atoms with E-state index in [1.165, 1.54) is 11.1 Å². The van der Waals surface area contributed by atoms with Crippen molar-refractivity contribution in [1.29, 1.82) is 0 Å². The van der Waals surface area contributed by atoms with Crippen LogP contribution in [0.5, 0.6) is 0 Å². The van der Waals surface area contributed by atoms with Crippen molar-refractivity contribution in [3.63, 3.8) is 0 Å². The van der Waals surface area contributed by atoms with Crippen molar-refractivity contribution in [3.8, 4) is 0 Å². The number of hydrogen-bond donors (Lipinski definition) is 1. The van der Waals surface area contributed by atoms with Crippen LogP contribution in [0.25, 0.3) is 0 Å². The van der Waals surface area contributed by atoms with Gasteiger partial charge in [0.05, 0.1) is 0 Å². The molecular weight excluding hydrogens is 310 g/mol. The van der Waals surface area contributed by atoms with Gasteiger partial charge in [0.1, 0.15) is 0 Å². The number of benzene rings is 2.